The number of aliphatic carboxylic acids is 1. The molecule has 6 nitrogen and oxygen atoms in total. The summed E-state index contributed by atoms with van der Waals surface area (Å²) in [6, 6.07) is 17.1. The van der Waals surface area contributed by atoms with Crippen LogP contribution in [-0.2, 0) is 24.1 Å². The van der Waals surface area contributed by atoms with Crippen LogP contribution in [0.3, 0.4) is 0 Å². The van der Waals surface area contributed by atoms with Gasteiger partial charge in [-0.15, -0.1) is 11.3 Å². The molecule has 0 saturated heterocycles. The van der Waals surface area contributed by atoms with Gasteiger partial charge in [0.25, 0.3) is 0 Å². The van der Waals surface area contributed by atoms with Crippen LogP contribution in [-0.4, -0.2) is 28.3 Å². The number of nitrogens with zero attached hydrogens (tertiary/aromatic N) is 1. The van der Waals surface area contributed by atoms with Crippen LogP contribution >= 0.6 is 11.3 Å². The molecular weight excluding hydrogens is 498 g/mol. The fourth-order valence-electron chi connectivity index (χ4n) is 3.91. The molecular formula is C31H37NO5S. The molecule has 4 aromatic rings. The average molecular weight is 536 g/mol. The third kappa shape index (κ3) is 7.25. The molecule has 7 heteroatoms. The maximum absolute atomic E-state index is 12.1. The van der Waals surface area contributed by atoms with Crippen LogP contribution in [0.25, 0.3) is 10.8 Å². The maximum atomic E-state index is 12.1. The van der Waals surface area contributed by atoms with Crippen molar-refractivity contribution in [2.24, 2.45) is 0 Å². The van der Waals surface area contributed by atoms with Crippen LogP contribution in [0.2, 0.25) is 0 Å². The number of hydrogen-bond donors (Lipinski definition) is 1. The van der Waals surface area contributed by atoms with Crippen molar-refractivity contribution in [3.8, 4) is 22.3 Å². The first-order valence-corrected chi connectivity index (χ1v) is 13.9. The zero-order valence-corrected chi connectivity index (χ0v) is 23.9. The molecule has 2 heterocycles. The van der Waals surface area contributed by atoms with Crippen molar-refractivity contribution in [3.63, 3.8) is 0 Å². The summed E-state index contributed by atoms with van der Waals surface area (Å²) < 4.78 is 17.8. The SMILES string of the molecule is CC.CCc1oc(-c2cccs2)nc1CCOc1ccc(CC(C)(Oc2ccc(C)c(C)c2)C(=O)O)cc1. The predicted octanol–water partition coefficient (Wildman–Crippen LogP) is 7.69. The van der Waals surface area contributed by atoms with Gasteiger partial charge in [0.15, 0.2) is 0 Å². The monoisotopic (exact) mass is 535 g/mol. The highest BCUT2D eigenvalue weighted by Gasteiger charge is 2.36. The first kappa shape index (κ1) is 29.0. The topological polar surface area (TPSA) is 81.8 Å². The van der Waals surface area contributed by atoms with E-state index in [0.717, 1.165) is 39.4 Å². The molecule has 1 N–H and O–H groups in total. The zero-order valence-electron chi connectivity index (χ0n) is 23.0. The summed E-state index contributed by atoms with van der Waals surface area (Å²) in [5.41, 5.74) is 2.56. The molecule has 0 radical (unpaired) electrons. The summed E-state index contributed by atoms with van der Waals surface area (Å²) in [6.45, 7) is 12.1. The van der Waals surface area contributed by atoms with Crippen molar-refractivity contribution in [2.45, 2.75) is 66.4 Å². The van der Waals surface area contributed by atoms with Crippen LogP contribution < -0.4 is 9.47 Å². The van der Waals surface area contributed by atoms with Gasteiger partial charge in [0.05, 0.1) is 17.2 Å². The van der Waals surface area contributed by atoms with Gasteiger partial charge in [-0.3, -0.25) is 0 Å². The van der Waals surface area contributed by atoms with E-state index in [-0.39, 0.29) is 6.42 Å². The number of ether oxygens (including phenoxy) is 2. The molecule has 0 bridgehead atoms. The van der Waals surface area contributed by atoms with Gasteiger partial charge in [0.1, 0.15) is 17.3 Å². The Morgan fingerprint density at radius 2 is 1.76 bits per heavy atom. The van der Waals surface area contributed by atoms with Gasteiger partial charge in [-0.1, -0.05) is 45.0 Å². The van der Waals surface area contributed by atoms with Gasteiger partial charge in [-0.25, -0.2) is 9.78 Å². The maximum Gasteiger partial charge on any atom is 0.348 e. The molecule has 0 spiro atoms. The lowest BCUT2D eigenvalue weighted by molar-refractivity contribution is -0.153. The van der Waals surface area contributed by atoms with E-state index in [4.69, 9.17) is 13.9 Å². The molecule has 0 saturated carbocycles. The van der Waals surface area contributed by atoms with Gasteiger partial charge >= 0.3 is 5.97 Å². The summed E-state index contributed by atoms with van der Waals surface area (Å²) in [5.74, 6) is 1.79. The zero-order chi connectivity index (χ0) is 27.7. The van der Waals surface area contributed by atoms with Crippen molar-refractivity contribution in [2.75, 3.05) is 6.61 Å². The van der Waals surface area contributed by atoms with Crippen molar-refractivity contribution in [1.29, 1.82) is 0 Å². The van der Waals surface area contributed by atoms with Crippen LogP contribution in [0.4, 0.5) is 0 Å². The Bertz CT molecular complexity index is 1310. The van der Waals surface area contributed by atoms with Gasteiger partial charge in [-0.2, -0.15) is 0 Å². The molecule has 202 valence electrons. The lowest BCUT2D eigenvalue weighted by Crippen LogP contribution is -2.43. The first-order chi connectivity index (χ1) is 18.3. The number of thiophene rings is 1. The minimum atomic E-state index is -1.39. The summed E-state index contributed by atoms with van der Waals surface area (Å²) in [6.07, 6.45) is 1.63. The van der Waals surface area contributed by atoms with E-state index < -0.39 is 11.6 Å². The van der Waals surface area contributed by atoms with Gasteiger partial charge in [0, 0.05) is 19.3 Å². The first-order valence-electron chi connectivity index (χ1n) is 13.0. The van der Waals surface area contributed by atoms with Crippen molar-refractivity contribution < 1.29 is 23.8 Å². The third-order valence-electron chi connectivity index (χ3n) is 6.18. The minimum Gasteiger partial charge on any atom is -0.493 e. The van der Waals surface area contributed by atoms with Crippen molar-refractivity contribution in [3.05, 3.63) is 88.1 Å². The lowest BCUT2D eigenvalue weighted by Gasteiger charge is -2.27. The van der Waals surface area contributed by atoms with Crippen molar-refractivity contribution in [1.82, 2.24) is 4.98 Å². The molecule has 0 aliphatic rings. The largest absolute Gasteiger partial charge is 0.493 e. The van der Waals surface area contributed by atoms with Crippen molar-refractivity contribution >= 4 is 17.3 Å². The molecule has 2 aromatic heterocycles. The fourth-order valence-corrected chi connectivity index (χ4v) is 4.56. The molecule has 0 aliphatic heterocycles. The number of oxazole rings is 1. The highest BCUT2D eigenvalue weighted by atomic mass is 32.1. The van der Waals surface area contributed by atoms with E-state index in [0.29, 0.717) is 30.4 Å². The molecule has 2 aromatic carbocycles. The van der Waals surface area contributed by atoms with E-state index in [1.54, 1.807) is 18.3 Å². The number of benzene rings is 2. The standard InChI is InChI=1S/C29H31NO5S.C2H6/c1-5-25-24(30-27(34-25)26-7-6-16-36-26)14-15-33-22-12-9-21(10-13-22)18-29(4,28(31)32)35-23-11-8-19(2)20(3)17-23;1-2/h6-13,16-17H,5,14-15,18H2,1-4H3,(H,31,32);1-2H3. The van der Waals surface area contributed by atoms with E-state index in [2.05, 4.69) is 11.9 Å². The second-order valence-corrected chi connectivity index (χ2v) is 9.97. The van der Waals surface area contributed by atoms with E-state index in [9.17, 15) is 9.90 Å². The van der Waals surface area contributed by atoms with E-state index >= 15 is 0 Å². The smallest absolute Gasteiger partial charge is 0.348 e. The number of hydrogen-bond acceptors (Lipinski definition) is 6. The summed E-state index contributed by atoms with van der Waals surface area (Å²) in [4.78, 5) is 17.8. The molecule has 0 aliphatic carbocycles. The number of carbonyl (C=O) groups is 1. The Labute approximate surface area is 229 Å². The van der Waals surface area contributed by atoms with Crippen LogP contribution in [0, 0.1) is 13.8 Å². The van der Waals surface area contributed by atoms with Gasteiger partial charge < -0.3 is 19.0 Å². The second kappa shape index (κ2) is 13.3. The highest BCUT2D eigenvalue weighted by molar-refractivity contribution is 7.13. The number of carboxylic acid groups (broad SMARTS) is 1. The Kier molecular flexibility index (Phi) is 10.1. The number of aromatic nitrogens is 1. The normalized spacial score (nSPS) is 12.3. The highest BCUT2D eigenvalue weighted by Crippen LogP contribution is 2.28. The second-order valence-electron chi connectivity index (χ2n) is 9.02. The lowest BCUT2D eigenvalue weighted by atomic mass is 9.96. The van der Waals surface area contributed by atoms with Crippen LogP contribution in [0.1, 0.15) is 55.8 Å². The van der Waals surface area contributed by atoms with Crippen LogP contribution in [0.15, 0.2) is 64.4 Å². The summed E-state index contributed by atoms with van der Waals surface area (Å²) in [7, 11) is 0. The molecule has 0 fully saturated rings. The number of carboxylic acids is 1. The molecule has 1 unspecified atom stereocenters. The third-order valence-corrected chi connectivity index (χ3v) is 7.04. The number of aryl methyl sites for hydroxylation is 3. The molecule has 38 heavy (non-hydrogen) atoms. The fraction of sp³-hybridized carbons (Fsp3) is 0.355. The number of rotatable bonds is 11. The average Bonchev–Trinajstić information content (AvgIpc) is 3.59. The minimum absolute atomic E-state index is 0.222. The van der Waals surface area contributed by atoms with Gasteiger partial charge in [-0.05, 0) is 73.2 Å². The Morgan fingerprint density at radius 3 is 2.37 bits per heavy atom. The van der Waals surface area contributed by atoms with E-state index in [1.165, 1.54) is 0 Å². The Hall–Kier alpha value is -3.58. The summed E-state index contributed by atoms with van der Waals surface area (Å²) >= 11 is 1.60. The molecule has 4 rings (SSSR count). The quantitative estimate of drug-likeness (QED) is 0.212. The van der Waals surface area contributed by atoms with Gasteiger partial charge in [0.2, 0.25) is 11.5 Å². The summed E-state index contributed by atoms with van der Waals surface area (Å²) in [5, 5.41) is 11.9. The predicted molar refractivity (Wildman–Crippen MR) is 152 cm³/mol. The molecule has 0 amide bonds. The Balaban J connectivity index is 0.00000195. The Morgan fingerprint density at radius 1 is 1.05 bits per heavy atom. The van der Waals surface area contributed by atoms with E-state index in [1.807, 2.05) is 87.7 Å². The molecule has 1 atom stereocenters. The van der Waals surface area contributed by atoms with Crippen LogP contribution in [0.5, 0.6) is 11.5 Å².